The Balaban J connectivity index is 1.58. The molecule has 3 nitrogen and oxygen atoms in total. The maximum absolute atomic E-state index is 5.39. The first kappa shape index (κ1) is 23.1. The summed E-state index contributed by atoms with van der Waals surface area (Å²) in [5.41, 5.74) is 9.04. The van der Waals surface area contributed by atoms with Crippen LogP contribution in [0.1, 0.15) is 0 Å². The van der Waals surface area contributed by atoms with Crippen molar-refractivity contribution in [3.63, 3.8) is 0 Å². The van der Waals surface area contributed by atoms with E-state index in [0.29, 0.717) is 0 Å². The van der Waals surface area contributed by atoms with E-state index in [-0.39, 0.29) is 0 Å². The zero-order valence-electron chi connectivity index (χ0n) is 22.8. The van der Waals surface area contributed by atoms with Gasteiger partial charge in [-0.05, 0) is 29.7 Å². The highest BCUT2D eigenvalue weighted by atomic mass is 15.0. The maximum Gasteiger partial charge on any atom is 0.145 e. The summed E-state index contributed by atoms with van der Waals surface area (Å²) in [7, 11) is 0. The van der Waals surface area contributed by atoms with Crippen LogP contribution in [0.4, 0.5) is 0 Å². The van der Waals surface area contributed by atoms with Gasteiger partial charge in [-0.25, -0.2) is 4.98 Å². The Hall–Kier alpha value is -5.67. The molecule has 0 saturated carbocycles. The van der Waals surface area contributed by atoms with Crippen molar-refractivity contribution in [1.29, 1.82) is 0 Å². The smallest absolute Gasteiger partial charge is 0.145 e. The van der Waals surface area contributed by atoms with Crippen molar-refractivity contribution in [3.8, 4) is 28.3 Å². The molecule has 0 radical (unpaired) electrons. The SMILES string of the molecule is c1ccc(-c2nc(-c3ccccc3)n3c4ccc5c6ccccc6n(-c6ccccc6)c5c4c4ccccc4c23)cc1. The van der Waals surface area contributed by atoms with Crippen molar-refractivity contribution in [2.75, 3.05) is 0 Å². The minimum atomic E-state index is 0.946. The maximum atomic E-state index is 5.39. The molecule has 0 aliphatic carbocycles. The van der Waals surface area contributed by atoms with Crippen molar-refractivity contribution < 1.29 is 0 Å². The van der Waals surface area contributed by atoms with E-state index in [1.165, 1.54) is 38.0 Å². The number of aromatic nitrogens is 3. The molecule has 6 aromatic carbocycles. The van der Waals surface area contributed by atoms with E-state index < -0.39 is 0 Å². The van der Waals surface area contributed by atoms with Crippen LogP contribution in [-0.4, -0.2) is 14.0 Å². The summed E-state index contributed by atoms with van der Waals surface area (Å²) in [6.07, 6.45) is 0. The second kappa shape index (κ2) is 8.92. The zero-order chi connectivity index (χ0) is 27.6. The van der Waals surface area contributed by atoms with Gasteiger partial charge in [0.1, 0.15) is 5.82 Å². The highest BCUT2D eigenvalue weighted by Crippen LogP contribution is 2.43. The van der Waals surface area contributed by atoms with Crippen LogP contribution in [0, 0.1) is 0 Å². The molecule has 9 rings (SSSR count). The average molecular weight is 536 g/mol. The molecule has 0 unspecified atom stereocenters. The Bertz CT molecular complexity index is 2430. The lowest BCUT2D eigenvalue weighted by Gasteiger charge is -2.15. The number of hydrogen-bond acceptors (Lipinski definition) is 1. The molecule has 42 heavy (non-hydrogen) atoms. The monoisotopic (exact) mass is 535 g/mol. The summed E-state index contributed by atoms with van der Waals surface area (Å²) < 4.78 is 4.82. The summed E-state index contributed by atoms with van der Waals surface area (Å²) >= 11 is 0. The lowest BCUT2D eigenvalue weighted by molar-refractivity contribution is 1.18. The molecular weight excluding hydrogens is 510 g/mol. The largest absolute Gasteiger partial charge is 0.309 e. The molecule has 196 valence electrons. The van der Waals surface area contributed by atoms with E-state index in [1.54, 1.807) is 0 Å². The van der Waals surface area contributed by atoms with E-state index >= 15 is 0 Å². The van der Waals surface area contributed by atoms with Crippen LogP contribution in [-0.2, 0) is 0 Å². The van der Waals surface area contributed by atoms with Crippen LogP contribution in [0.25, 0.3) is 77.3 Å². The van der Waals surface area contributed by atoms with Gasteiger partial charge >= 0.3 is 0 Å². The third-order valence-electron chi connectivity index (χ3n) is 8.48. The van der Waals surface area contributed by atoms with Gasteiger partial charge in [0.15, 0.2) is 0 Å². The third kappa shape index (κ3) is 3.19. The molecule has 0 aliphatic heterocycles. The van der Waals surface area contributed by atoms with Crippen molar-refractivity contribution in [2.24, 2.45) is 0 Å². The number of pyridine rings is 1. The minimum Gasteiger partial charge on any atom is -0.309 e. The second-order valence-electron chi connectivity index (χ2n) is 10.8. The molecule has 0 amide bonds. The topological polar surface area (TPSA) is 22.2 Å². The fourth-order valence-electron chi connectivity index (χ4n) is 6.73. The number of imidazole rings is 1. The molecular formula is C39H25N3. The molecule has 9 aromatic rings. The van der Waals surface area contributed by atoms with Crippen LogP contribution < -0.4 is 0 Å². The van der Waals surface area contributed by atoms with E-state index in [0.717, 1.165) is 39.4 Å². The Morgan fingerprint density at radius 3 is 1.71 bits per heavy atom. The van der Waals surface area contributed by atoms with E-state index in [1.807, 2.05) is 0 Å². The quantitative estimate of drug-likeness (QED) is 0.206. The van der Waals surface area contributed by atoms with Crippen LogP contribution in [0.15, 0.2) is 152 Å². The van der Waals surface area contributed by atoms with E-state index in [9.17, 15) is 0 Å². The van der Waals surface area contributed by atoms with Gasteiger partial charge in [0, 0.05) is 38.4 Å². The first-order chi connectivity index (χ1) is 20.9. The summed E-state index contributed by atoms with van der Waals surface area (Å²) in [4.78, 5) is 5.39. The first-order valence-corrected chi connectivity index (χ1v) is 14.3. The average Bonchev–Trinajstić information content (AvgIpc) is 3.63. The van der Waals surface area contributed by atoms with Crippen LogP contribution >= 0.6 is 0 Å². The summed E-state index contributed by atoms with van der Waals surface area (Å²) in [6.45, 7) is 0. The molecule has 0 saturated heterocycles. The Labute approximate surface area is 242 Å². The van der Waals surface area contributed by atoms with Crippen molar-refractivity contribution in [2.45, 2.75) is 0 Å². The van der Waals surface area contributed by atoms with E-state index in [2.05, 4.69) is 161 Å². The highest BCUT2D eigenvalue weighted by Gasteiger charge is 2.23. The van der Waals surface area contributed by atoms with Gasteiger partial charge in [-0.15, -0.1) is 0 Å². The Kier molecular flexibility index (Phi) is 4.90. The van der Waals surface area contributed by atoms with Gasteiger partial charge in [-0.3, -0.25) is 4.40 Å². The lowest BCUT2D eigenvalue weighted by atomic mass is 10.00. The zero-order valence-corrected chi connectivity index (χ0v) is 22.8. The molecule has 0 fully saturated rings. The summed E-state index contributed by atoms with van der Waals surface area (Å²) in [5.74, 6) is 0.946. The number of para-hydroxylation sites is 2. The molecule has 0 N–H and O–H groups in total. The van der Waals surface area contributed by atoms with Gasteiger partial charge < -0.3 is 4.57 Å². The van der Waals surface area contributed by atoms with Crippen molar-refractivity contribution in [1.82, 2.24) is 14.0 Å². The number of fused-ring (bicyclic) bond motifs is 10. The summed E-state index contributed by atoms with van der Waals surface area (Å²) in [5, 5.41) is 6.14. The van der Waals surface area contributed by atoms with Gasteiger partial charge in [0.05, 0.1) is 27.8 Å². The van der Waals surface area contributed by atoms with Crippen LogP contribution in [0.3, 0.4) is 0 Å². The Morgan fingerprint density at radius 1 is 0.405 bits per heavy atom. The van der Waals surface area contributed by atoms with Crippen LogP contribution in [0.5, 0.6) is 0 Å². The Morgan fingerprint density at radius 2 is 0.976 bits per heavy atom. The minimum absolute atomic E-state index is 0.946. The number of benzene rings is 6. The number of rotatable bonds is 3. The van der Waals surface area contributed by atoms with Crippen LogP contribution in [0.2, 0.25) is 0 Å². The first-order valence-electron chi connectivity index (χ1n) is 14.3. The fourth-order valence-corrected chi connectivity index (χ4v) is 6.73. The molecule has 3 heteroatoms. The molecule has 0 bridgehead atoms. The number of hydrogen-bond donors (Lipinski definition) is 0. The van der Waals surface area contributed by atoms with Gasteiger partial charge in [0.25, 0.3) is 0 Å². The normalized spacial score (nSPS) is 11.8. The molecule has 0 spiro atoms. The molecule has 3 heterocycles. The van der Waals surface area contributed by atoms with Gasteiger partial charge in [-0.2, -0.15) is 0 Å². The molecule has 0 atom stereocenters. The predicted molar refractivity (Wildman–Crippen MR) is 175 cm³/mol. The predicted octanol–water partition coefficient (Wildman–Crippen LogP) is 10.1. The van der Waals surface area contributed by atoms with Gasteiger partial charge in [-0.1, -0.05) is 127 Å². The number of nitrogens with zero attached hydrogens (tertiary/aromatic N) is 3. The molecule has 0 aliphatic rings. The summed E-state index contributed by atoms with van der Waals surface area (Å²) in [6, 6.07) is 54.0. The third-order valence-corrected chi connectivity index (χ3v) is 8.48. The van der Waals surface area contributed by atoms with Gasteiger partial charge in [0.2, 0.25) is 0 Å². The fraction of sp³-hybridized carbons (Fsp3) is 0. The molecule has 3 aromatic heterocycles. The van der Waals surface area contributed by atoms with Crippen molar-refractivity contribution in [3.05, 3.63) is 152 Å². The highest BCUT2D eigenvalue weighted by molar-refractivity contribution is 6.27. The lowest BCUT2D eigenvalue weighted by Crippen LogP contribution is -1.98. The van der Waals surface area contributed by atoms with Crippen molar-refractivity contribution >= 4 is 49.0 Å². The van der Waals surface area contributed by atoms with E-state index in [4.69, 9.17) is 4.98 Å². The standard InChI is InChI=1S/C39H25N3/c1-4-14-26(15-5-1)36-38-31-22-11-10-21-30(31)35-34(42(38)39(40-36)27-16-6-2-7-17-27)25-24-32-29-20-12-13-23-33(29)41(37(32)35)28-18-8-3-9-19-28/h1-25H. The second-order valence-corrected chi connectivity index (χ2v) is 10.8.